The quantitative estimate of drug-likeness (QED) is 0.934. The SMILES string of the molecule is Cc1cc2c(cc1C(=O)NC[C@@H]1OCCc3ccccc31)OCCO2. The van der Waals surface area contributed by atoms with E-state index in [1.807, 2.05) is 25.1 Å². The van der Waals surface area contributed by atoms with E-state index >= 15 is 0 Å². The van der Waals surface area contributed by atoms with Crippen LogP contribution in [-0.4, -0.2) is 32.3 Å². The minimum Gasteiger partial charge on any atom is -0.486 e. The van der Waals surface area contributed by atoms with Crippen molar-refractivity contribution in [1.29, 1.82) is 0 Å². The topological polar surface area (TPSA) is 56.8 Å². The number of ether oxygens (including phenoxy) is 3. The lowest BCUT2D eigenvalue weighted by Crippen LogP contribution is -2.32. The summed E-state index contributed by atoms with van der Waals surface area (Å²) in [6.07, 6.45) is 0.813. The molecule has 25 heavy (non-hydrogen) atoms. The minimum absolute atomic E-state index is 0.105. The molecule has 2 aromatic rings. The molecule has 2 aromatic carbocycles. The molecular weight excluding hydrogens is 318 g/mol. The third kappa shape index (κ3) is 3.20. The molecule has 0 saturated heterocycles. The molecule has 2 aliphatic heterocycles. The number of carbonyl (C=O) groups is 1. The molecule has 0 aromatic heterocycles. The number of hydrogen-bond donors (Lipinski definition) is 1. The molecule has 130 valence electrons. The summed E-state index contributed by atoms with van der Waals surface area (Å²) in [6, 6.07) is 11.9. The fourth-order valence-corrected chi connectivity index (χ4v) is 3.36. The fourth-order valence-electron chi connectivity index (χ4n) is 3.36. The summed E-state index contributed by atoms with van der Waals surface area (Å²) in [5.41, 5.74) is 3.93. The second-order valence-corrected chi connectivity index (χ2v) is 6.33. The van der Waals surface area contributed by atoms with Crippen molar-refractivity contribution in [1.82, 2.24) is 5.32 Å². The van der Waals surface area contributed by atoms with Crippen molar-refractivity contribution in [2.45, 2.75) is 19.4 Å². The summed E-state index contributed by atoms with van der Waals surface area (Å²) in [4.78, 5) is 12.6. The van der Waals surface area contributed by atoms with Crippen molar-refractivity contribution in [3.05, 3.63) is 58.7 Å². The van der Waals surface area contributed by atoms with Gasteiger partial charge in [-0.25, -0.2) is 0 Å². The molecule has 4 rings (SSSR count). The number of carbonyl (C=O) groups excluding carboxylic acids is 1. The summed E-state index contributed by atoms with van der Waals surface area (Å²) in [5.74, 6) is 1.20. The Bertz CT molecular complexity index is 802. The molecule has 5 heteroatoms. The third-order valence-electron chi connectivity index (χ3n) is 4.67. The standard InChI is InChI=1S/C20H21NO4/c1-13-10-17-18(25-9-8-24-17)11-16(13)20(22)21-12-19-15-5-3-2-4-14(15)6-7-23-19/h2-5,10-11,19H,6-9,12H2,1H3,(H,21,22)/t19-/m0/s1. The van der Waals surface area contributed by atoms with Crippen LogP contribution in [-0.2, 0) is 11.2 Å². The second-order valence-electron chi connectivity index (χ2n) is 6.33. The monoisotopic (exact) mass is 339 g/mol. The smallest absolute Gasteiger partial charge is 0.251 e. The van der Waals surface area contributed by atoms with Gasteiger partial charge in [-0.1, -0.05) is 24.3 Å². The number of rotatable bonds is 3. The Labute approximate surface area is 146 Å². The number of benzene rings is 2. The van der Waals surface area contributed by atoms with E-state index in [-0.39, 0.29) is 12.0 Å². The van der Waals surface area contributed by atoms with Crippen molar-refractivity contribution >= 4 is 5.91 Å². The van der Waals surface area contributed by atoms with Gasteiger partial charge >= 0.3 is 0 Å². The van der Waals surface area contributed by atoms with Crippen LogP contribution in [0.25, 0.3) is 0 Å². The van der Waals surface area contributed by atoms with Crippen LogP contribution in [0, 0.1) is 6.92 Å². The van der Waals surface area contributed by atoms with Gasteiger partial charge in [0.15, 0.2) is 11.5 Å². The number of fused-ring (bicyclic) bond motifs is 2. The van der Waals surface area contributed by atoms with E-state index in [0.29, 0.717) is 43.4 Å². The second kappa shape index (κ2) is 6.76. The molecule has 0 bridgehead atoms. The van der Waals surface area contributed by atoms with Gasteiger partial charge in [0.2, 0.25) is 0 Å². The summed E-state index contributed by atoms with van der Waals surface area (Å²) >= 11 is 0. The van der Waals surface area contributed by atoms with E-state index in [1.54, 1.807) is 6.07 Å². The van der Waals surface area contributed by atoms with Gasteiger partial charge in [0, 0.05) is 12.1 Å². The van der Waals surface area contributed by atoms with Crippen LogP contribution in [0.5, 0.6) is 11.5 Å². The van der Waals surface area contributed by atoms with Crippen molar-refractivity contribution < 1.29 is 19.0 Å². The average Bonchev–Trinajstić information content (AvgIpc) is 2.65. The molecule has 2 heterocycles. The van der Waals surface area contributed by atoms with Gasteiger partial charge in [-0.05, 0) is 42.2 Å². The molecule has 0 fully saturated rings. The van der Waals surface area contributed by atoms with Gasteiger partial charge in [0.25, 0.3) is 5.91 Å². The van der Waals surface area contributed by atoms with Crippen molar-refractivity contribution in [3.63, 3.8) is 0 Å². The van der Waals surface area contributed by atoms with Crippen LogP contribution in [0.3, 0.4) is 0 Å². The predicted molar refractivity (Wildman–Crippen MR) is 93.3 cm³/mol. The van der Waals surface area contributed by atoms with Crippen molar-refractivity contribution in [2.75, 3.05) is 26.4 Å². The molecule has 5 nitrogen and oxygen atoms in total. The van der Waals surface area contributed by atoms with E-state index in [4.69, 9.17) is 14.2 Å². The molecule has 0 aliphatic carbocycles. The highest BCUT2D eigenvalue weighted by Crippen LogP contribution is 2.33. The molecule has 2 aliphatic rings. The van der Waals surface area contributed by atoms with Gasteiger partial charge in [-0.15, -0.1) is 0 Å². The Morgan fingerprint density at radius 1 is 1.12 bits per heavy atom. The first-order valence-corrected chi connectivity index (χ1v) is 8.60. The van der Waals surface area contributed by atoms with Crippen LogP contribution in [0.2, 0.25) is 0 Å². The summed E-state index contributed by atoms with van der Waals surface area (Å²) in [7, 11) is 0. The molecule has 0 spiro atoms. The van der Waals surface area contributed by atoms with E-state index < -0.39 is 0 Å². The van der Waals surface area contributed by atoms with Gasteiger partial charge in [-0.3, -0.25) is 4.79 Å². The van der Waals surface area contributed by atoms with Crippen LogP contribution in [0.4, 0.5) is 0 Å². The molecule has 1 N–H and O–H groups in total. The van der Waals surface area contributed by atoms with Gasteiger partial charge in [0.1, 0.15) is 19.3 Å². The zero-order valence-electron chi connectivity index (χ0n) is 14.2. The van der Waals surface area contributed by atoms with Crippen LogP contribution in [0.1, 0.15) is 33.2 Å². The summed E-state index contributed by atoms with van der Waals surface area (Å²) < 4.78 is 17.0. The molecule has 0 unspecified atom stereocenters. The number of hydrogen-bond acceptors (Lipinski definition) is 4. The van der Waals surface area contributed by atoms with Crippen molar-refractivity contribution in [2.24, 2.45) is 0 Å². The Hall–Kier alpha value is -2.53. The Balaban J connectivity index is 1.48. The maximum atomic E-state index is 12.6. The maximum absolute atomic E-state index is 12.6. The van der Waals surface area contributed by atoms with E-state index in [0.717, 1.165) is 17.5 Å². The summed E-state index contributed by atoms with van der Waals surface area (Å²) in [5, 5.41) is 3.00. The Morgan fingerprint density at radius 2 is 1.88 bits per heavy atom. The zero-order chi connectivity index (χ0) is 17.2. The van der Waals surface area contributed by atoms with Crippen LogP contribution >= 0.6 is 0 Å². The normalized spacial score (nSPS) is 18.4. The molecule has 0 saturated carbocycles. The lowest BCUT2D eigenvalue weighted by atomic mass is 9.97. The number of amides is 1. The first-order valence-electron chi connectivity index (χ1n) is 8.60. The van der Waals surface area contributed by atoms with Crippen LogP contribution in [0.15, 0.2) is 36.4 Å². The predicted octanol–water partition coefficient (Wildman–Crippen LogP) is 2.81. The molecule has 1 atom stereocenters. The first kappa shape index (κ1) is 16.0. The highest BCUT2D eigenvalue weighted by atomic mass is 16.6. The lowest BCUT2D eigenvalue weighted by molar-refractivity contribution is 0.0411. The zero-order valence-corrected chi connectivity index (χ0v) is 14.2. The third-order valence-corrected chi connectivity index (χ3v) is 4.67. The molecule has 1 amide bonds. The average molecular weight is 339 g/mol. The number of aryl methyl sites for hydroxylation is 1. The Morgan fingerprint density at radius 3 is 2.72 bits per heavy atom. The van der Waals surface area contributed by atoms with Crippen LogP contribution < -0.4 is 14.8 Å². The molecular formula is C20H21NO4. The largest absolute Gasteiger partial charge is 0.486 e. The Kier molecular flexibility index (Phi) is 4.32. The van der Waals surface area contributed by atoms with Gasteiger partial charge < -0.3 is 19.5 Å². The lowest BCUT2D eigenvalue weighted by Gasteiger charge is -2.26. The number of nitrogens with one attached hydrogen (secondary N) is 1. The highest BCUT2D eigenvalue weighted by Gasteiger charge is 2.22. The van der Waals surface area contributed by atoms with E-state index in [1.165, 1.54) is 5.56 Å². The first-order chi connectivity index (χ1) is 12.2. The van der Waals surface area contributed by atoms with E-state index in [2.05, 4.69) is 17.4 Å². The van der Waals surface area contributed by atoms with Crippen molar-refractivity contribution in [3.8, 4) is 11.5 Å². The van der Waals surface area contributed by atoms with Gasteiger partial charge in [0.05, 0.1) is 6.61 Å². The highest BCUT2D eigenvalue weighted by molar-refractivity contribution is 5.96. The maximum Gasteiger partial charge on any atom is 0.251 e. The molecule has 0 radical (unpaired) electrons. The minimum atomic E-state index is -0.124. The van der Waals surface area contributed by atoms with Gasteiger partial charge in [-0.2, -0.15) is 0 Å². The van der Waals surface area contributed by atoms with E-state index in [9.17, 15) is 4.79 Å². The fraction of sp³-hybridized carbons (Fsp3) is 0.350. The summed E-state index contributed by atoms with van der Waals surface area (Å²) in [6.45, 7) is 4.07.